The summed E-state index contributed by atoms with van der Waals surface area (Å²) < 4.78 is 10.6. The molecule has 1 fully saturated rings. The zero-order valence-electron chi connectivity index (χ0n) is 11.8. The first-order valence-electron chi connectivity index (χ1n) is 6.81. The van der Waals surface area contributed by atoms with Crippen molar-refractivity contribution in [3.05, 3.63) is 23.3 Å². The van der Waals surface area contributed by atoms with Gasteiger partial charge < -0.3 is 9.47 Å². The van der Waals surface area contributed by atoms with E-state index in [1.165, 1.54) is 6.20 Å². The average Bonchev–Trinajstić information content (AvgIpc) is 2.97. The predicted octanol–water partition coefficient (Wildman–Crippen LogP) is 2.81. The largest absolute Gasteiger partial charge is 0.462 e. The van der Waals surface area contributed by atoms with Crippen molar-refractivity contribution >= 4 is 17.6 Å². The third-order valence-corrected chi connectivity index (χ3v) is 3.95. The van der Waals surface area contributed by atoms with E-state index in [2.05, 4.69) is 9.97 Å². The van der Waals surface area contributed by atoms with Crippen LogP contribution < -0.4 is 0 Å². The summed E-state index contributed by atoms with van der Waals surface area (Å²) >= 11 is 5.90. The zero-order chi connectivity index (χ0) is 14.6. The number of hydrogen-bond donors (Lipinski definition) is 0. The Morgan fingerprint density at radius 2 is 2.15 bits per heavy atom. The van der Waals surface area contributed by atoms with Gasteiger partial charge in [0.05, 0.1) is 18.2 Å². The summed E-state index contributed by atoms with van der Waals surface area (Å²) in [6.07, 6.45) is 5.46. The van der Waals surface area contributed by atoms with Gasteiger partial charge in [0.25, 0.3) is 0 Å². The van der Waals surface area contributed by atoms with Gasteiger partial charge >= 0.3 is 5.97 Å². The number of methoxy groups -OCH3 is 1. The van der Waals surface area contributed by atoms with Crippen LogP contribution in [0.4, 0.5) is 0 Å². The third kappa shape index (κ3) is 2.79. The summed E-state index contributed by atoms with van der Waals surface area (Å²) in [5.74, 6) is 0.317. The van der Waals surface area contributed by atoms with E-state index >= 15 is 0 Å². The van der Waals surface area contributed by atoms with Gasteiger partial charge in [0.2, 0.25) is 0 Å². The van der Waals surface area contributed by atoms with Gasteiger partial charge in [-0.2, -0.15) is 0 Å². The van der Waals surface area contributed by atoms with E-state index in [4.69, 9.17) is 21.1 Å². The van der Waals surface area contributed by atoms with Crippen LogP contribution in [0.3, 0.4) is 0 Å². The van der Waals surface area contributed by atoms with Gasteiger partial charge in [-0.05, 0) is 32.6 Å². The second-order valence-electron chi connectivity index (χ2n) is 4.81. The Bertz CT molecular complexity index is 487. The van der Waals surface area contributed by atoms with E-state index < -0.39 is 11.6 Å². The molecule has 1 aromatic rings. The molecule has 0 aliphatic heterocycles. The molecule has 0 bridgehead atoms. The lowest BCUT2D eigenvalue weighted by Crippen LogP contribution is -2.28. The molecule has 1 aromatic heterocycles. The van der Waals surface area contributed by atoms with Gasteiger partial charge in [0, 0.05) is 13.3 Å². The number of carbonyl (C=O) groups is 1. The number of aromatic nitrogens is 2. The minimum absolute atomic E-state index is 0.142. The average molecular weight is 299 g/mol. The molecule has 0 spiro atoms. The standard InChI is InChI=1S/C14H19ClN2O3/c1-3-20-12(18)10-9-16-13(17-11(10)8-15)14(19-2)6-4-5-7-14/h9H,3-8H2,1-2H3. The van der Waals surface area contributed by atoms with Crippen LogP contribution in [-0.2, 0) is 21.0 Å². The number of carbonyl (C=O) groups excluding carboxylic acids is 1. The highest BCUT2D eigenvalue weighted by Crippen LogP contribution is 2.40. The molecular weight excluding hydrogens is 280 g/mol. The molecule has 0 aromatic carbocycles. The minimum atomic E-state index is -0.437. The second kappa shape index (κ2) is 6.50. The van der Waals surface area contributed by atoms with Crippen molar-refractivity contribution in [1.82, 2.24) is 9.97 Å². The number of ether oxygens (including phenoxy) is 2. The van der Waals surface area contributed by atoms with Crippen molar-refractivity contribution in [2.24, 2.45) is 0 Å². The summed E-state index contributed by atoms with van der Waals surface area (Å²) in [7, 11) is 1.67. The molecule has 110 valence electrons. The van der Waals surface area contributed by atoms with E-state index in [9.17, 15) is 4.79 Å². The maximum atomic E-state index is 11.8. The van der Waals surface area contributed by atoms with Crippen LogP contribution in [0.15, 0.2) is 6.20 Å². The van der Waals surface area contributed by atoms with Crippen LogP contribution in [0.5, 0.6) is 0 Å². The normalized spacial score (nSPS) is 17.1. The molecule has 1 aliphatic carbocycles. The fraction of sp³-hybridized carbons (Fsp3) is 0.643. The molecule has 0 N–H and O–H groups in total. The SMILES string of the molecule is CCOC(=O)c1cnc(C2(OC)CCCC2)nc1CCl. The molecule has 2 rings (SSSR count). The molecule has 1 aliphatic rings. The first kappa shape index (κ1) is 15.2. The van der Waals surface area contributed by atoms with Crippen LogP contribution in [0.25, 0.3) is 0 Å². The van der Waals surface area contributed by atoms with E-state index in [0.717, 1.165) is 25.7 Å². The summed E-state index contributed by atoms with van der Waals surface area (Å²) in [6, 6.07) is 0. The van der Waals surface area contributed by atoms with E-state index in [1.807, 2.05) is 0 Å². The minimum Gasteiger partial charge on any atom is -0.462 e. The molecule has 20 heavy (non-hydrogen) atoms. The summed E-state index contributed by atoms with van der Waals surface area (Å²) in [5.41, 5.74) is 0.391. The highest BCUT2D eigenvalue weighted by Gasteiger charge is 2.39. The smallest absolute Gasteiger partial charge is 0.341 e. The Labute approximate surface area is 123 Å². The monoisotopic (exact) mass is 298 g/mol. The maximum absolute atomic E-state index is 11.8. The van der Waals surface area contributed by atoms with Gasteiger partial charge in [0.15, 0.2) is 5.82 Å². The second-order valence-corrected chi connectivity index (χ2v) is 5.08. The zero-order valence-corrected chi connectivity index (χ0v) is 12.6. The van der Waals surface area contributed by atoms with Gasteiger partial charge in [-0.15, -0.1) is 11.6 Å². The molecule has 0 atom stereocenters. The number of alkyl halides is 1. The number of halogens is 1. The Kier molecular flexibility index (Phi) is 4.94. The van der Waals surface area contributed by atoms with Crippen molar-refractivity contribution in [2.75, 3.05) is 13.7 Å². The van der Waals surface area contributed by atoms with E-state index in [1.54, 1.807) is 14.0 Å². The fourth-order valence-corrected chi connectivity index (χ4v) is 2.79. The Morgan fingerprint density at radius 3 is 2.70 bits per heavy atom. The van der Waals surface area contributed by atoms with Crippen LogP contribution in [0.1, 0.15) is 54.5 Å². The van der Waals surface area contributed by atoms with E-state index in [-0.39, 0.29) is 5.88 Å². The van der Waals surface area contributed by atoms with Crippen LogP contribution in [0.2, 0.25) is 0 Å². The highest BCUT2D eigenvalue weighted by atomic mass is 35.5. The van der Waals surface area contributed by atoms with Crippen molar-refractivity contribution in [1.29, 1.82) is 0 Å². The van der Waals surface area contributed by atoms with Gasteiger partial charge in [-0.1, -0.05) is 0 Å². The van der Waals surface area contributed by atoms with Crippen molar-refractivity contribution in [3.8, 4) is 0 Å². The lowest BCUT2D eigenvalue weighted by atomic mass is 10.0. The molecule has 5 nitrogen and oxygen atoms in total. The van der Waals surface area contributed by atoms with Crippen molar-refractivity contribution in [3.63, 3.8) is 0 Å². The molecule has 1 saturated carbocycles. The lowest BCUT2D eigenvalue weighted by Gasteiger charge is -2.26. The third-order valence-electron chi connectivity index (χ3n) is 3.70. The number of rotatable bonds is 5. The number of hydrogen-bond acceptors (Lipinski definition) is 5. The Morgan fingerprint density at radius 1 is 1.45 bits per heavy atom. The maximum Gasteiger partial charge on any atom is 0.341 e. The summed E-state index contributed by atoms with van der Waals surface area (Å²) in [6.45, 7) is 2.07. The topological polar surface area (TPSA) is 61.3 Å². The predicted molar refractivity (Wildman–Crippen MR) is 74.7 cm³/mol. The molecule has 0 unspecified atom stereocenters. The van der Waals surface area contributed by atoms with Crippen LogP contribution >= 0.6 is 11.6 Å². The molecular formula is C14H19ClN2O3. The molecule has 6 heteroatoms. The first-order valence-corrected chi connectivity index (χ1v) is 7.35. The molecule has 0 saturated heterocycles. The number of esters is 1. The summed E-state index contributed by atoms with van der Waals surface area (Å²) in [5, 5.41) is 0. The van der Waals surface area contributed by atoms with Crippen molar-refractivity contribution < 1.29 is 14.3 Å². The van der Waals surface area contributed by atoms with E-state index in [0.29, 0.717) is 23.7 Å². The number of nitrogens with zero attached hydrogens (tertiary/aromatic N) is 2. The van der Waals surface area contributed by atoms with Gasteiger partial charge in [-0.3, -0.25) is 0 Å². The lowest BCUT2D eigenvalue weighted by molar-refractivity contribution is -0.0165. The van der Waals surface area contributed by atoms with Gasteiger partial charge in [-0.25, -0.2) is 14.8 Å². The first-order chi connectivity index (χ1) is 9.66. The Hall–Kier alpha value is -1.20. The van der Waals surface area contributed by atoms with Gasteiger partial charge in [0.1, 0.15) is 11.2 Å². The quantitative estimate of drug-likeness (QED) is 0.618. The fourth-order valence-electron chi connectivity index (χ4n) is 2.58. The van der Waals surface area contributed by atoms with Crippen LogP contribution in [0, 0.1) is 0 Å². The Balaban J connectivity index is 2.36. The van der Waals surface area contributed by atoms with Crippen LogP contribution in [-0.4, -0.2) is 29.7 Å². The van der Waals surface area contributed by atoms with Crippen molar-refractivity contribution in [2.45, 2.75) is 44.1 Å². The molecule has 0 amide bonds. The highest BCUT2D eigenvalue weighted by molar-refractivity contribution is 6.17. The molecule has 0 radical (unpaired) electrons. The summed E-state index contributed by atoms with van der Waals surface area (Å²) in [4.78, 5) is 20.6. The molecule has 1 heterocycles.